The minimum absolute atomic E-state index is 0.0643. The zero-order chi connectivity index (χ0) is 24.6. The highest BCUT2D eigenvalue weighted by molar-refractivity contribution is 7.92. The smallest absolute Gasteiger partial charge is 0.244 e. The first-order chi connectivity index (χ1) is 15.6. The van der Waals surface area contributed by atoms with E-state index < -0.39 is 28.5 Å². The van der Waals surface area contributed by atoms with Gasteiger partial charge < -0.3 is 10.2 Å². The number of anilines is 1. The number of hydrogen-bond donors (Lipinski definition) is 1. The van der Waals surface area contributed by atoms with E-state index in [1.807, 2.05) is 6.92 Å². The largest absolute Gasteiger partial charge is 0.354 e. The Balaban J connectivity index is 2.42. The fourth-order valence-electron chi connectivity index (χ4n) is 3.32. The third-order valence-electron chi connectivity index (χ3n) is 5.03. The monoisotopic (exact) mass is 513 g/mol. The van der Waals surface area contributed by atoms with E-state index in [4.69, 9.17) is 23.2 Å². The first-order valence-electron chi connectivity index (χ1n) is 10.6. The van der Waals surface area contributed by atoms with Crippen LogP contribution in [0.2, 0.25) is 10.0 Å². The van der Waals surface area contributed by atoms with Crippen molar-refractivity contribution < 1.29 is 18.0 Å². The summed E-state index contributed by atoms with van der Waals surface area (Å²) < 4.78 is 26.0. The molecular formula is C23H29Cl2N3O4S. The summed E-state index contributed by atoms with van der Waals surface area (Å²) in [5, 5.41) is 3.73. The number of carbonyl (C=O) groups excluding carboxylic acids is 2. The Morgan fingerprint density at radius 2 is 1.67 bits per heavy atom. The van der Waals surface area contributed by atoms with Gasteiger partial charge in [-0.2, -0.15) is 0 Å². The van der Waals surface area contributed by atoms with E-state index in [1.54, 1.807) is 43.3 Å². The molecule has 7 nitrogen and oxygen atoms in total. The van der Waals surface area contributed by atoms with Crippen molar-refractivity contribution in [2.24, 2.45) is 0 Å². The third-order valence-corrected chi connectivity index (χ3v) is 6.79. The minimum Gasteiger partial charge on any atom is -0.354 e. The van der Waals surface area contributed by atoms with Crippen molar-refractivity contribution in [1.82, 2.24) is 10.2 Å². The van der Waals surface area contributed by atoms with Gasteiger partial charge in [0.15, 0.2) is 0 Å². The predicted molar refractivity (Wildman–Crippen MR) is 133 cm³/mol. The van der Waals surface area contributed by atoms with Crippen LogP contribution in [0.25, 0.3) is 0 Å². The lowest BCUT2D eigenvalue weighted by Crippen LogP contribution is -2.52. The van der Waals surface area contributed by atoms with Crippen LogP contribution >= 0.6 is 23.2 Å². The number of halogens is 2. The minimum atomic E-state index is -3.79. The molecule has 0 aromatic heterocycles. The molecule has 0 radical (unpaired) electrons. The summed E-state index contributed by atoms with van der Waals surface area (Å²) in [6, 6.07) is 12.4. The van der Waals surface area contributed by atoms with Crippen molar-refractivity contribution >= 4 is 50.7 Å². The molecule has 0 saturated heterocycles. The van der Waals surface area contributed by atoms with E-state index in [0.717, 1.165) is 17.0 Å². The number of hydrogen-bond acceptors (Lipinski definition) is 4. The van der Waals surface area contributed by atoms with Crippen molar-refractivity contribution in [3.63, 3.8) is 0 Å². The highest BCUT2D eigenvalue weighted by atomic mass is 35.5. The van der Waals surface area contributed by atoms with Gasteiger partial charge in [-0.15, -0.1) is 0 Å². The second-order valence-corrected chi connectivity index (χ2v) is 10.3. The molecule has 0 saturated carbocycles. The summed E-state index contributed by atoms with van der Waals surface area (Å²) in [5.74, 6) is -0.814. The Morgan fingerprint density at radius 1 is 1.03 bits per heavy atom. The average molecular weight is 514 g/mol. The third kappa shape index (κ3) is 7.62. The van der Waals surface area contributed by atoms with Crippen LogP contribution in [0, 0.1) is 0 Å². The topological polar surface area (TPSA) is 86.8 Å². The van der Waals surface area contributed by atoms with Crippen LogP contribution in [-0.4, -0.2) is 50.5 Å². The summed E-state index contributed by atoms with van der Waals surface area (Å²) in [4.78, 5) is 27.8. The van der Waals surface area contributed by atoms with Gasteiger partial charge in [-0.1, -0.05) is 55.2 Å². The van der Waals surface area contributed by atoms with Crippen molar-refractivity contribution in [3.8, 4) is 0 Å². The van der Waals surface area contributed by atoms with Crippen molar-refractivity contribution in [2.75, 3.05) is 23.7 Å². The molecule has 180 valence electrons. The molecule has 0 aliphatic rings. The first kappa shape index (κ1) is 27.0. The zero-order valence-electron chi connectivity index (χ0n) is 18.9. The summed E-state index contributed by atoms with van der Waals surface area (Å²) in [6.45, 7) is 3.81. The van der Waals surface area contributed by atoms with Crippen LogP contribution in [0.5, 0.6) is 0 Å². The quantitative estimate of drug-likeness (QED) is 0.490. The van der Waals surface area contributed by atoms with Crippen LogP contribution < -0.4 is 9.62 Å². The molecule has 1 N–H and O–H groups in total. The second kappa shape index (κ2) is 12.3. The van der Waals surface area contributed by atoms with E-state index >= 15 is 0 Å². The number of sulfonamides is 1. The second-order valence-electron chi connectivity index (χ2n) is 7.57. The molecule has 1 atom stereocenters. The molecule has 0 aliphatic carbocycles. The van der Waals surface area contributed by atoms with Gasteiger partial charge in [0.1, 0.15) is 12.6 Å². The molecule has 10 heteroatoms. The zero-order valence-corrected chi connectivity index (χ0v) is 21.3. The SMILES string of the molecule is CCCNC(=O)C(CC)N(Cc1ccccc1Cl)C(=O)CN(c1ccc(Cl)cc1)S(C)(=O)=O. The number of carbonyl (C=O) groups is 2. The van der Waals surface area contributed by atoms with Crippen molar-refractivity contribution in [3.05, 3.63) is 64.1 Å². The van der Waals surface area contributed by atoms with Crippen LogP contribution in [0.4, 0.5) is 5.69 Å². The number of benzene rings is 2. The number of nitrogens with zero attached hydrogens (tertiary/aromatic N) is 2. The van der Waals surface area contributed by atoms with E-state index in [-0.39, 0.29) is 12.5 Å². The summed E-state index contributed by atoms with van der Waals surface area (Å²) in [5.41, 5.74) is 0.961. The number of amides is 2. The number of rotatable bonds is 11. The van der Waals surface area contributed by atoms with E-state index in [0.29, 0.717) is 34.3 Å². The fourth-order valence-corrected chi connectivity index (χ4v) is 4.49. The Kier molecular flexibility index (Phi) is 10.0. The lowest BCUT2D eigenvalue weighted by atomic mass is 10.1. The molecule has 0 bridgehead atoms. The number of nitrogens with one attached hydrogen (secondary N) is 1. The van der Waals surface area contributed by atoms with Gasteiger partial charge in [0.25, 0.3) is 0 Å². The van der Waals surface area contributed by atoms with E-state index in [1.165, 1.54) is 17.0 Å². The highest BCUT2D eigenvalue weighted by Crippen LogP contribution is 2.23. The Hall–Kier alpha value is -2.29. The first-order valence-corrected chi connectivity index (χ1v) is 13.2. The molecule has 1 unspecified atom stereocenters. The van der Waals surface area contributed by atoms with Gasteiger partial charge in [-0.25, -0.2) is 8.42 Å². The highest BCUT2D eigenvalue weighted by Gasteiger charge is 2.31. The molecule has 2 amide bonds. The maximum absolute atomic E-state index is 13.5. The van der Waals surface area contributed by atoms with Crippen LogP contribution in [0.3, 0.4) is 0 Å². The van der Waals surface area contributed by atoms with Crippen LogP contribution in [-0.2, 0) is 26.2 Å². The summed E-state index contributed by atoms with van der Waals surface area (Å²) in [6.07, 6.45) is 2.13. The maximum Gasteiger partial charge on any atom is 0.244 e. The molecule has 0 aliphatic heterocycles. The van der Waals surface area contributed by atoms with Gasteiger partial charge in [-0.05, 0) is 48.7 Å². The standard InChI is InChI=1S/C23H29Cl2N3O4S/c1-4-14-26-23(30)21(5-2)27(15-17-8-6-7-9-20(17)25)22(29)16-28(33(3,31)32)19-12-10-18(24)11-13-19/h6-13,21H,4-5,14-16H2,1-3H3,(H,26,30). The molecule has 2 aromatic carbocycles. The fraction of sp³-hybridized carbons (Fsp3) is 0.391. The van der Waals surface area contributed by atoms with E-state index in [9.17, 15) is 18.0 Å². The van der Waals surface area contributed by atoms with Crippen LogP contribution in [0.15, 0.2) is 48.5 Å². The van der Waals surface area contributed by atoms with Crippen molar-refractivity contribution in [2.45, 2.75) is 39.3 Å². The normalized spacial score (nSPS) is 12.2. The van der Waals surface area contributed by atoms with E-state index in [2.05, 4.69) is 5.32 Å². The summed E-state index contributed by atoms with van der Waals surface area (Å²) in [7, 11) is -3.79. The van der Waals surface area contributed by atoms with Gasteiger partial charge in [-0.3, -0.25) is 13.9 Å². The lowest BCUT2D eigenvalue weighted by Gasteiger charge is -2.33. The van der Waals surface area contributed by atoms with Crippen LogP contribution in [0.1, 0.15) is 32.3 Å². The lowest BCUT2D eigenvalue weighted by molar-refractivity contribution is -0.140. The molecule has 0 spiro atoms. The molecule has 33 heavy (non-hydrogen) atoms. The Labute approximate surface area is 205 Å². The van der Waals surface area contributed by atoms with Gasteiger partial charge in [0.05, 0.1) is 11.9 Å². The maximum atomic E-state index is 13.5. The molecular weight excluding hydrogens is 485 g/mol. The van der Waals surface area contributed by atoms with Gasteiger partial charge in [0.2, 0.25) is 21.8 Å². The molecule has 2 aromatic rings. The average Bonchev–Trinajstić information content (AvgIpc) is 2.77. The summed E-state index contributed by atoms with van der Waals surface area (Å²) >= 11 is 12.2. The van der Waals surface area contributed by atoms with Gasteiger partial charge in [0, 0.05) is 23.1 Å². The predicted octanol–water partition coefficient (Wildman–Crippen LogP) is 4.09. The van der Waals surface area contributed by atoms with Gasteiger partial charge >= 0.3 is 0 Å². The molecule has 0 fully saturated rings. The molecule has 0 heterocycles. The Morgan fingerprint density at radius 3 is 2.21 bits per heavy atom. The Bertz CT molecular complexity index is 1060. The molecule has 2 rings (SSSR count). The van der Waals surface area contributed by atoms with Crippen molar-refractivity contribution in [1.29, 1.82) is 0 Å².